The predicted molar refractivity (Wildman–Crippen MR) is 107 cm³/mol. The van der Waals surface area contributed by atoms with E-state index in [1.54, 1.807) is 10.8 Å². The van der Waals surface area contributed by atoms with Crippen LogP contribution >= 0.6 is 0 Å². The third-order valence-electron chi connectivity index (χ3n) is 5.94. The average molecular weight is 381 g/mol. The lowest BCUT2D eigenvalue weighted by molar-refractivity contribution is 0.0605. The molecule has 0 radical (unpaired) electrons. The van der Waals surface area contributed by atoms with E-state index in [2.05, 4.69) is 4.98 Å². The van der Waals surface area contributed by atoms with Crippen LogP contribution in [0.15, 0.2) is 35.4 Å². The van der Waals surface area contributed by atoms with E-state index < -0.39 is 0 Å². The highest BCUT2D eigenvalue weighted by atomic mass is 16.5. The van der Waals surface area contributed by atoms with Gasteiger partial charge in [-0.25, -0.2) is 0 Å². The van der Waals surface area contributed by atoms with Crippen LogP contribution in [0.25, 0.3) is 0 Å². The molecule has 2 aliphatic rings. The van der Waals surface area contributed by atoms with Gasteiger partial charge in [-0.15, -0.1) is 0 Å². The second kappa shape index (κ2) is 8.17. The lowest BCUT2D eigenvalue weighted by Crippen LogP contribution is -2.40. The van der Waals surface area contributed by atoms with Crippen molar-refractivity contribution in [3.8, 4) is 5.75 Å². The van der Waals surface area contributed by atoms with Crippen LogP contribution < -0.4 is 10.3 Å². The van der Waals surface area contributed by atoms with E-state index >= 15 is 0 Å². The largest absolute Gasteiger partial charge is 0.496 e. The molecule has 0 N–H and O–H groups in total. The fraction of sp³-hybridized carbons (Fsp3) is 0.500. The molecule has 6 heteroatoms. The number of amides is 1. The zero-order valence-corrected chi connectivity index (χ0v) is 16.4. The van der Waals surface area contributed by atoms with Crippen molar-refractivity contribution in [1.82, 2.24) is 14.5 Å². The number of fused-ring (bicyclic) bond motifs is 1. The number of methoxy groups -OCH3 is 1. The van der Waals surface area contributed by atoms with Crippen LogP contribution in [0.5, 0.6) is 5.75 Å². The van der Waals surface area contributed by atoms with Crippen LogP contribution in [-0.4, -0.2) is 34.0 Å². The van der Waals surface area contributed by atoms with Crippen LogP contribution in [0, 0.1) is 0 Å². The number of ether oxygens (including phenoxy) is 1. The number of nitrogens with zero attached hydrogens (tertiary/aromatic N) is 3. The van der Waals surface area contributed by atoms with Gasteiger partial charge in [-0.1, -0.05) is 12.5 Å². The SMILES string of the molecule is COc1cc(=O)n2c(c1C(=O)N1CCCC[C@H]1c1cccnc1)CCCCC2. The van der Waals surface area contributed by atoms with Crippen LogP contribution in [-0.2, 0) is 13.0 Å². The summed E-state index contributed by atoms with van der Waals surface area (Å²) in [7, 11) is 1.54. The van der Waals surface area contributed by atoms with Crippen LogP contribution in [0.4, 0.5) is 0 Å². The number of carbonyl (C=O) groups excluding carboxylic acids is 1. The second-order valence-corrected chi connectivity index (χ2v) is 7.63. The van der Waals surface area contributed by atoms with Crippen molar-refractivity contribution >= 4 is 5.91 Å². The summed E-state index contributed by atoms with van der Waals surface area (Å²) < 4.78 is 7.30. The summed E-state index contributed by atoms with van der Waals surface area (Å²) in [6.07, 6.45) is 10.4. The molecule has 0 aromatic carbocycles. The number of carbonyl (C=O) groups is 1. The third kappa shape index (κ3) is 3.43. The molecule has 1 fully saturated rings. The number of piperidine rings is 1. The maximum absolute atomic E-state index is 13.8. The van der Waals surface area contributed by atoms with E-state index in [4.69, 9.17) is 4.74 Å². The number of likely N-dealkylation sites (tertiary alicyclic amines) is 1. The number of pyridine rings is 2. The smallest absolute Gasteiger partial charge is 0.259 e. The van der Waals surface area contributed by atoms with Crippen molar-refractivity contribution < 1.29 is 9.53 Å². The topological polar surface area (TPSA) is 64.4 Å². The van der Waals surface area contributed by atoms with E-state index in [0.29, 0.717) is 24.4 Å². The van der Waals surface area contributed by atoms with Crippen LogP contribution in [0.3, 0.4) is 0 Å². The van der Waals surface area contributed by atoms with Gasteiger partial charge >= 0.3 is 0 Å². The third-order valence-corrected chi connectivity index (χ3v) is 5.94. The Morgan fingerprint density at radius 3 is 2.82 bits per heavy atom. The monoisotopic (exact) mass is 381 g/mol. The van der Waals surface area contributed by atoms with Crippen molar-refractivity contribution in [2.75, 3.05) is 13.7 Å². The van der Waals surface area contributed by atoms with Crippen molar-refractivity contribution in [2.24, 2.45) is 0 Å². The fourth-order valence-electron chi connectivity index (χ4n) is 4.54. The van der Waals surface area contributed by atoms with E-state index in [9.17, 15) is 9.59 Å². The Labute approximate surface area is 165 Å². The van der Waals surface area contributed by atoms with Gasteiger partial charge in [-0.2, -0.15) is 0 Å². The van der Waals surface area contributed by atoms with E-state index in [0.717, 1.165) is 56.2 Å². The molecule has 2 aromatic rings. The molecule has 2 aromatic heterocycles. The Kier molecular flexibility index (Phi) is 5.46. The maximum atomic E-state index is 13.8. The lowest BCUT2D eigenvalue weighted by Gasteiger charge is -2.36. The molecule has 4 rings (SSSR count). The first-order valence-electron chi connectivity index (χ1n) is 10.2. The quantitative estimate of drug-likeness (QED) is 0.818. The number of rotatable bonds is 3. The Morgan fingerprint density at radius 1 is 1.18 bits per heavy atom. The second-order valence-electron chi connectivity index (χ2n) is 7.63. The number of hydrogen-bond acceptors (Lipinski definition) is 4. The molecular weight excluding hydrogens is 354 g/mol. The minimum absolute atomic E-state index is 0.0120. The molecule has 1 saturated heterocycles. The summed E-state index contributed by atoms with van der Waals surface area (Å²) in [5, 5.41) is 0. The Bertz CT molecular complexity index is 907. The molecule has 1 atom stereocenters. The van der Waals surface area contributed by atoms with Gasteiger partial charge < -0.3 is 14.2 Å². The van der Waals surface area contributed by atoms with Gasteiger partial charge in [0.2, 0.25) is 0 Å². The van der Waals surface area contributed by atoms with Crippen molar-refractivity contribution in [3.63, 3.8) is 0 Å². The molecule has 4 heterocycles. The molecule has 2 aliphatic heterocycles. The first-order valence-corrected chi connectivity index (χ1v) is 10.2. The average Bonchev–Trinajstić information content (AvgIpc) is 3.00. The summed E-state index contributed by atoms with van der Waals surface area (Å²) in [6, 6.07) is 5.45. The van der Waals surface area contributed by atoms with Gasteiger partial charge in [0.25, 0.3) is 11.5 Å². The molecule has 28 heavy (non-hydrogen) atoms. The predicted octanol–water partition coefficient (Wildman–Crippen LogP) is 3.35. The van der Waals surface area contributed by atoms with Gasteiger partial charge in [0.1, 0.15) is 11.3 Å². The lowest BCUT2D eigenvalue weighted by atomic mass is 9.94. The summed E-state index contributed by atoms with van der Waals surface area (Å²) in [6.45, 7) is 1.38. The fourth-order valence-corrected chi connectivity index (χ4v) is 4.54. The number of aromatic nitrogens is 2. The molecule has 148 valence electrons. The van der Waals surface area contributed by atoms with Gasteiger partial charge in [-0.3, -0.25) is 14.6 Å². The van der Waals surface area contributed by atoms with Crippen molar-refractivity contribution in [1.29, 1.82) is 0 Å². The van der Waals surface area contributed by atoms with Crippen LogP contribution in [0.2, 0.25) is 0 Å². The number of hydrogen-bond donors (Lipinski definition) is 0. The first kappa shape index (κ1) is 18.7. The standard InChI is InChI=1S/C22H27N3O3/c1-28-19-14-20(26)24-12-5-2-3-10-18(24)21(19)22(27)25-13-6-4-9-17(25)16-8-7-11-23-15-16/h7-8,11,14-15,17H,2-6,9-10,12-13H2,1H3/t17-/m0/s1. The summed E-state index contributed by atoms with van der Waals surface area (Å²) in [5.74, 6) is 0.370. The highest BCUT2D eigenvalue weighted by Crippen LogP contribution is 2.34. The van der Waals surface area contributed by atoms with Gasteiger partial charge in [-0.05, 0) is 50.2 Å². The minimum atomic E-state index is -0.0762. The maximum Gasteiger partial charge on any atom is 0.259 e. The molecular formula is C22H27N3O3. The summed E-state index contributed by atoms with van der Waals surface area (Å²) >= 11 is 0. The zero-order chi connectivity index (χ0) is 19.5. The van der Waals surface area contributed by atoms with E-state index in [-0.39, 0.29) is 17.5 Å². The molecule has 0 spiro atoms. The van der Waals surface area contributed by atoms with Crippen molar-refractivity contribution in [2.45, 2.75) is 57.5 Å². The van der Waals surface area contributed by atoms with E-state index in [1.165, 1.54) is 13.2 Å². The van der Waals surface area contributed by atoms with Gasteiger partial charge in [0, 0.05) is 37.2 Å². The normalized spacial score (nSPS) is 19.6. The Balaban J connectivity index is 1.79. The van der Waals surface area contributed by atoms with Crippen molar-refractivity contribution in [3.05, 3.63) is 57.8 Å². The molecule has 0 aliphatic carbocycles. The first-order chi connectivity index (χ1) is 13.7. The van der Waals surface area contributed by atoms with Gasteiger partial charge in [0.05, 0.1) is 13.2 Å². The summed E-state index contributed by atoms with van der Waals surface area (Å²) in [5.41, 5.74) is 2.39. The zero-order valence-electron chi connectivity index (χ0n) is 16.4. The molecule has 0 bridgehead atoms. The molecule has 1 amide bonds. The minimum Gasteiger partial charge on any atom is -0.496 e. The highest BCUT2D eigenvalue weighted by molar-refractivity contribution is 5.98. The molecule has 6 nitrogen and oxygen atoms in total. The highest BCUT2D eigenvalue weighted by Gasteiger charge is 2.33. The summed E-state index contributed by atoms with van der Waals surface area (Å²) in [4.78, 5) is 32.6. The Hall–Kier alpha value is -2.63. The van der Waals surface area contributed by atoms with E-state index in [1.807, 2.05) is 23.2 Å². The van der Waals surface area contributed by atoms with Crippen LogP contribution in [0.1, 0.15) is 66.2 Å². The Morgan fingerprint density at radius 2 is 2.04 bits per heavy atom. The van der Waals surface area contributed by atoms with Gasteiger partial charge in [0.15, 0.2) is 0 Å². The molecule has 0 saturated carbocycles. The molecule has 0 unspecified atom stereocenters.